The number of aromatic nitrogens is 4. The second kappa shape index (κ2) is 6.12. The fourth-order valence-electron chi connectivity index (χ4n) is 4.00. The summed E-state index contributed by atoms with van der Waals surface area (Å²) in [6, 6.07) is 0. The topological polar surface area (TPSA) is 76.0 Å². The number of aromatic amines is 1. The molecule has 2 aliphatic heterocycles. The Morgan fingerprint density at radius 1 is 1.24 bits per heavy atom. The Morgan fingerprint density at radius 2 is 2.00 bits per heavy atom. The summed E-state index contributed by atoms with van der Waals surface area (Å²) >= 11 is 0. The van der Waals surface area contributed by atoms with Crippen molar-refractivity contribution in [3.8, 4) is 0 Å². The largest absolute Gasteiger partial charge is 0.378 e. The first-order valence-electron chi connectivity index (χ1n) is 9.28. The smallest absolute Gasteiger partial charge is 0.263 e. The van der Waals surface area contributed by atoms with E-state index in [9.17, 15) is 4.79 Å². The fourth-order valence-corrected chi connectivity index (χ4v) is 4.00. The van der Waals surface area contributed by atoms with Crippen molar-refractivity contribution in [2.24, 2.45) is 5.92 Å². The van der Waals surface area contributed by atoms with Gasteiger partial charge in [-0.3, -0.25) is 9.78 Å². The van der Waals surface area contributed by atoms with Crippen molar-refractivity contribution in [3.63, 3.8) is 0 Å². The average molecular weight is 345 g/mol. The number of ether oxygens (including phenoxy) is 1. The second-order valence-corrected chi connectivity index (χ2v) is 8.23. The highest BCUT2D eigenvalue weighted by Gasteiger charge is 2.30. The predicted octanol–water partition coefficient (Wildman–Crippen LogP) is 2.27. The van der Waals surface area contributed by atoms with Gasteiger partial charge in [-0.25, -0.2) is 4.68 Å². The van der Waals surface area contributed by atoms with E-state index in [1.54, 1.807) is 6.20 Å². The van der Waals surface area contributed by atoms with Crippen LogP contribution in [0, 0.1) is 5.92 Å². The molecule has 0 amide bonds. The molecule has 1 unspecified atom stereocenters. The lowest BCUT2D eigenvalue weighted by Crippen LogP contribution is -2.39. The number of fused-ring (bicyclic) bond motifs is 1. The lowest BCUT2D eigenvalue weighted by Gasteiger charge is -2.34. The summed E-state index contributed by atoms with van der Waals surface area (Å²) in [5.74, 6) is 1.29. The van der Waals surface area contributed by atoms with Gasteiger partial charge in [-0.05, 0) is 52.4 Å². The van der Waals surface area contributed by atoms with Crippen LogP contribution >= 0.6 is 0 Å². The van der Waals surface area contributed by atoms with Crippen molar-refractivity contribution < 1.29 is 4.74 Å². The van der Waals surface area contributed by atoms with Crippen LogP contribution in [0.4, 0.5) is 5.95 Å². The summed E-state index contributed by atoms with van der Waals surface area (Å²) in [6.07, 6.45) is 6.60. The van der Waals surface area contributed by atoms with Crippen LogP contribution in [0.1, 0.15) is 46.5 Å². The van der Waals surface area contributed by atoms with Gasteiger partial charge in [0.05, 0.1) is 17.8 Å². The van der Waals surface area contributed by atoms with Crippen LogP contribution in [0.15, 0.2) is 11.0 Å². The van der Waals surface area contributed by atoms with E-state index in [0.29, 0.717) is 29.0 Å². The number of piperidine rings is 1. The molecule has 2 fully saturated rings. The third-order valence-electron chi connectivity index (χ3n) is 5.39. The van der Waals surface area contributed by atoms with Gasteiger partial charge in [0, 0.05) is 19.7 Å². The molecule has 0 aliphatic carbocycles. The van der Waals surface area contributed by atoms with Crippen molar-refractivity contribution >= 4 is 17.0 Å². The normalized spacial score (nSPS) is 22.8. The highest BCUT2D eigenvalue weighted by atomic mass is 16.5. The monoisotopic (exact) mass is 345 g/mol. The van der Waals surface area contributed by atoms with Gasteiger partial charge in [-0.2, -0.15) is 10.1 Å². The van der Waals surface area contributed by atoms with E-state index in [1.165, 1.54) is 12.8 Å². The Kier molecular flexibility index (Phi) is 4.06. The molecule has 7 heteroatoms. The molecule has 2 aliphatic rings. The van der Waals surface area contributed by atoms with Crippen LogP contribution in [0.3, 0.4) is 0 Å². The molecule has 1 atom stereocenters. The second-order valence-electron chi connectivity index (χ2n) is 8.23. The van der Waals surface area contributed by atoms with Gasteiger partial charge < -0.3 is 9.64 Å². The Hall–Kier alpha value is -1.89. The molecule has 0 aromatic carbocycles. The van der Waals surface area contributed by atoms with Crippen molar-refractivity contribution in [2.45, 2.75) is 58.1 Å². The first kappa shape index (κ1) is 16.6. The predicted molar refractivity (Wildman–Crippen MR) is 97.1 cm³/mol. The summed E-state index contributed by atoms with van der Waals surface area (Å²) in [4.78, 5) is 22.3. The molecule has 25 heavy (non-hydrogen) atoms. The van der Waals surface area contributed by atoms with Gasteiger partial charge in [-0.1, -0.05) is 0 Å². The first-order valence-corrected chi connectivity index (χ1v) is 9.28. The summed E-state index contributed by atoms with van der Waals surface area (Å²) < 4.78 is 7.68. The molecule has 0 saturated carbocycles. The first-order chi connectivity index (χ1) is 11.9. The molecule has 2 aromatic rings. The van der Waals surface area contributed by atoms with E-state index >= 15 is 0 Å². The average Bonchev–Trinajstić information content (AvgIpc) is 3.24. The lowest BCUT2D eigenvalue weighted by molar-refractivity contribution is 0.0530. The summed E-state index contributed by atoms with van der Waals surface area (Å²) in [6.45, 7) is 8.91. The number of hydrogen-bond donors (Lipinski definition) is 1. The van der Waals surface area contributed by atoms with Crippen LogP contribution in [-0.4, -0.2) is 45.5 Å². The summed E-state index contributed by atoms with van der Waals surface area (Å²) in [7, 11) is 0. The molecule has 136 valence electrons. The van der Waals surface area contributed by atoms with E-state index < -0.39 is 0 Å². The minimum Gasteiger partial charge on any atom is -0.378 e. The van der Waals surface area contributed by atoms with Gasteiger partial charge >= 0.3 is 0 Å². The van der Waals surface area contributed by atoms with Crippen molar-refractivity contribution in [1.29, 1.82) is 0 Å². The van der Waals surface area contributed by atoms with E-state index in [2.05, 4.69) is 35.8 Å². The molecule has 2 saturated heterocycles. The summed E-state index contributed by atoms with van der Waals surface area (Å²) in [5.41, 5.74) is 0.330. The minimum absolute atomic E-state index is 0.114. The van der Waals surface area contributed by atoms with Crippen molar-refractivity contribution in [3.05, 3.63) is 16.6 Å². The van der Waals surface area contributed by atoms with Crippen LogP contribution in [-0.2, 0) is 10.3 Å². The van der Waals surface area contributed by atoms with Crippen LogP contribution < -0.4 is 10.5 Å². The van der Waals surface area contributed by atoms with Gasteiger partial charge in [0.25, 0.3) is 5.56 Å². The maximum atomic E-state index is 12.5. The van der Waals surface area contributed by atoms with E-state index in [-0.39, 0.29) is 11.1 Å². The third kappa shape index (κ3) is 3.05. The van der Waals surface area contributed by atoms with E-state index in [4.69, 9.17) is 9.72 Å². The number of nitrogens with zero attached hydrogens (tertiary/aromatic N) is 4. The molecule has 4 heterocycles. The molecule has 0 spiro atoms. The minimum atomic E-state index is -0.216. The highest BCUT2D eigenvalue weighted by molar-refractivity contribution is 5.74. The highest BCUT2D eigenvalue weighted by Crippen LogP contribution is 2.30. The zero-order valence-electron chi connectivity index (χ0n) is 15.3. The maximum Gasteiger partial charge on any atom is 0.263 e. The zero-order valence-corrected chi connectivity index (χ0v) is 15.3. The van der Waals surface area contributed by atoms with E-state index in [1.807, 2.05) is 4.68 Å². The Balaban J connectivity index is 1.58. The molecule has 2 aromatic heterocycles. The standard InChI is InChI=1S/C18H27N5O2/c1-18(2,3)23-15-13(11-19-23)16(24)21-17(20-15)22-8-6-12(7-9-22)14-5-4-10-25-14/h11-12,14H,4-10H2,1-3H3,(H,20,21,24). The van der Waals surface area contributed by atoms with Gasteiger partial charge in [0.15, 0.2) is 5.65 Å². The number of hydrogen-bond acceptors (Lipinski definition) is 5. The number of rotatable bonds is 2. The van der Waals surface area contributed by atoms with Crippen molar-refractivity contribution in [1.82, 2.24) is 19.7 Å². The molecule has 7 nitrogen and oxygen atoms in total. The lowest BCUT2D eigenvalue weighted by atomic mass is 9.90. The Bertz CT molecular complexity index is 805. The molecular weight excluding hydrogens is 318 g/mol. The third-order valence-corrected chi connectivity index (χ3v) is 5.39. The molecule has 1 N–H and O–H groups in total. The number of anilines is 1. The van der Waals surface area contributed by atoms with Crippen LogP contribution in [0.5, 0.6) is 0 Å². The Morgan fingerprint density at radius 3 is 2.64 bits per heavy atom. The molecular formula is C18H27N5O2. The van der Waals surface area contributed by atoms with Crippen LogP contribution in [0.2, 0.25) is 0 Å². The van der Waals surface area contributed by atoms with E-state index in [0.717, 1.165) is 32.5 Å². The quantitative estimate of drug-likeness (QED) is 0.903. The molecule has 0 radical (unpaired) electrons. The zero-order chi connectivity index (χ0) is 17.6. The van der Waals surface area contributed by atoms with Gasteiger partial charge in [-0.15, -0.1) is 0 Å². The summed E-state index contributed by atoms with van der Waals surface area (Å²) in [5, 5.41) is 4.93. The molecule has 4 rings (SSSR count). The van der Waals surface area contributed by atoms with Gasteiger partial charge in [0.1, 0.15) is 5.39 Å². The fraction of sp³-hybridized carbons (Fsp3) is 0.722. The number of nitrogens with one attached hydrogen (secondary N) is 1. The molecule has 0 bridgehead atoms. The van der Waals surface area contributed by atoms with Gasteiger partial charge in [0.2, 0.25) is 5.95 Å². The Labute approximate surface area is 147 Å². The maximum absolute atomic E-state index is 12.5. The van der Waals surface area contributed by atoms with Crippen LogP contribution in [0.25, 0.3) is 11.0 Å². The number of H-pyrrole nitrogens is 1. The SMILES string of the molecule is CC(C)(C)n1ncc2c(=O)[nH]c(N3CCC(C4CCCO4)CC3)nc21. The van der Waals surface area contributed by atoms with Crippen molar-refractivity contribution in [2.75, 3.05) is 24.6 Å².